The lowest BCUT2D eigenvalue weighted by Gasteiger charge is -2.18. The Labute approximate surface area is 151 Å². The van der Waals surface area contributed by atoms with Crippen LogP contribution in [0.1, 0.15) is 64.4 Å². The molecule has 0 saturated heterocycles. The van der Waals surface area contributed by atoms with Crippen LogP contribution in [0, 0.1) is 5.92 Å². The summed E-state index contributed by atoms with van der Waals surface area (Å²) in [5.41, 5.74) is 0.733. The SMILES string of the molecule is CCCCCc1cc(=O)oc2nc(ON=C3CCC(C)CC3)[nH]c(=O)c12. The van der Waals surface area contributed by atoms with E-state index in [9.17, 15) is 9.59 Å². The smallest absolute Gasteiger partial charge is 0.337 e. The molecule has 0 radical (unpaired) electrons. The van der Waals surface area contributed by atoms with Gasteiger partial charge in [0.2, 0.25) is 5.71 Å². The van der Waals surface area contributed by atoms with Crippen LogP contribution in [0.4, 0.5) is 0 Å². The fraction of sp³-hybridized carbons (Fsp3) is 0.579. The number of nitrogens with one attached hydrogen (secondary N) is 1. The van der Waals surface area contributed by atoms with Gasteiger partial charge in [0.15, 0.2) is 0 Å². The number of H-pyrrole nitrogens is 1. The zero-order valence-electron chi connectivity index (χ0n) is 15.3. The lowest BCUT2D eigenvalue weighted by atomic mass is 9.90. The van der Waals surface area contributed by atoms with Crippen LogP contribution in [0.2, 0.25) is 0 Å². The van der Waals surface area contributed by atoms with Gasteiger partial charge >= 0.3 is 11.6 Å². The highest BCUT2D eigenvalue weighted by atomic mass is 16.6. The minimum Gasteiger partial charge on any atom is -0.403 e. The Bertz CT molecular complexity index is 903. The number of fused-ring (bicyclic) bond motifs is 1. The van der Waals surface area contributed by atoms with E-state index in [0.29, 0.717) is 23.3 Å². The Kier molecular flexibility index (Phi) is 5.85. The molecule has 0 atom stereocenters. The van der Waals surface area contributed by atoms with Gasteiger partial charge in [-0.05, 0) is 50.0 Å². The summed E-state index contributed by atoms with van der Waals surface area (Å²) in [6.45, 7) is 4.32. The number of unbranched alkanes of at least 4 members (excludes halogenated alkanes) is 2. The molecule has 140 valence electrons. The third-order valence-electron chi connectivity index (χ3n) is 4.84. The topological polar surface area (TPSA) is 97.5 Å². The lowest BCUT2D eigenvalue weighted by Crippen LogP contribution is -2.16. The van der Waals surface area contributed by atoms with Crippen molar-refractivity contribution in [3.63, 3.8) is 0 Å². The first-order valence-corrected chi connectivity index (χ1v) is 9.36. The van der Waals surface area contributed by atoms with Crippen molar-refractivity contribution in [3.8, 4) is 6.01 Å². The van der Waals surface area contributed by atoms with Crippen LogP contribution < -0.4 is 16.0 Å². The lowest BCUT2D eigenvalue weighted by molar-refractivity contribution is 0.305. The molecule has 1 saturated carbocycles. The van der Waals surface area contributed by atoms with Gasteiger partial charge in [-0.2, -0.15) is 4.98 Å². The molecule has 2 heterocycles. The Morgan fingerprint density at radius 1 is 1.31 bits per heavy atom. The minimum absolute atomic E-state index is 0.000199. The number of hydrogen-bond donors (Lipinski definition) is 1. The van der Waals surface area contributed by atoms with E-state index in [1.54, 1.807) is 0 Å². The first-order chi connectivity index (χ1) is 12.6. The van der Waals surface area contributed by atoms with E-state index in [4.69, 9.17) is 9.25 Å². The standard InChI is InChI=1S/C19H25N3O4/c1-3-4-5-6-13-11-15(23)25-18-16(13)17(24)20-19(21-18)26-22-14-9-7-12(2)8-10-14/h11-12H,3-10H2,1-2H3,(H,20,21,24). The number of aromatic amines is 1. The summed E-state index contributed by atoms with van der Waals surface area (Å²) in [4.78, 5) is 36.3. The zero-order chi connectivity index (χ0) is 18.5. The van der Waals surface area contributed by atoms with Gasteiger partial charge in [0.25, 0.3) is 5.56 Å². The molecule has 3 rings (SSSR count). The van der Waals surface area contributed by atoms with Crippen molar-refractivity contribution >= 4 is 16.8 Å². The molecule has 0 bridgehead atoms. The fourth-order valence-electron chi connectivity index (χ4n) is 3.23. The van der Waals surface area contributed by atoms with E-state index in [0.717, 1.165) is 50.7 Å². The summed E-state index contributed by atoms with van der Waals surface area (Å²) < 4.78 is 5.12. The quantitative estimate of drug-likeness (QED) is 0.628. The number of aryl methyl sites for hydroxylation is 1. The molecule has 1 fully saturated rings. The van der Waals surface area contributed by atoms with E-state index >= 15 is 0 Å². The van der Waals surface area contributed by atoms with Crippen molar-refractivity contribution in [2.24, 2.45) is 11.1 Å². The number of rotatable bonds is 6. The number of nitrogens with zero attached hydrogens (tertiary/aromatic N) is 2. The Balaban J connectivity index is 1.86. The van der Waals surface area contributed by atoms with Crippen molar-refractivity contribution in [2.75, 3.05) is 0 Å². The maximum absolute atomic E-state index is 12.5. The van der Waals surface area contributed by atoms with Gasteiger partial charge in [-0.25, -0.2) is 4.79 Å². The normalized spacial score (nSPS) is 17.5. The number of hydrogen-bond acceptors (Lipinski definition) is 6. The maximum atomic E-state index is 12.5. The Morgan fingerprint density at radius 3 is 2.81 bits per heavy atom. The first kappa shape index (κ1) is 18.4. The van der Waals surface area contributed by atoms with Gasteiger partial charge in [0.05, 0.1) is 5.71 Å². The van der Waals surface area contributed by atoms with Crippen LogP contribution in [-0.4, -0.2) is 15.7 Å². The van der Waals surface area contributed by atoms with Crippen molar-refractivity contribution < 1.29 is 9.25 Å². The molecule has 26 heavy (non-hydrogen) atoms. The van der Waals surface area contributed by atoms with Crippen molar-refractivity contribution in [1.29, 1.82) is 0 Å². The van der Waals surface area contributed by atoms with E-state index in [2.05, 4.69) is 29.0 Å². The van der Waals surface area contributed by atoms with E-state index < -0.39 is 5.63 Å². The van der Waals surface area contributed by atoms with Gasteiger partial charge in [-0.3, -0.25) is 9.78 Å². The summed E-state index contributed by atoms with van der Waals surface area (Å²) >= 11 is 0. The summed E-state index contributed by atoms with van der Waals surface area (Å²) in [5, 5.41) is 4.42. The molecule has 7 heteroatoms. The Hall–Kier alpha value is -2.44. The Morgan fingerprint density at radius 2 is 2.08 bits per heavy atom. The molecule has 7 nitrogen and oxygen atoms in total. The summed E-state index contributed by atoms with van der Waals surface area (Å²) in [6, 6.07) is 1.32. The highest BCUT2D eigenvalue weighted by Gasteiger charge is 2.16. The van der Waals surface area contributed by atoms with Crippen molar-refractivity contribution in [2.45, 2.75) is 65.2 Å². The second kappa shape index (κ2) is 8.29. The van der Waals surface area contributed by atoms with Crippen LogP contribution in [0.15, 0.2) is 25.2 Å². The van der Waals surface area contributed by atoms with Gasteiger partial charge in [0.1, 0.15) is 5.39 Å². The fourth-order valence-corrected chi connectivity index (χ4v) is 3.23. The van der Waals surface area contributed by atoms with Crippen molar-refractivity contribution in [1.82, 2.24) is 9.97 Å². The van der Waals surface area contributed by atoms with Gasteiger partial charge in [0, 0.05) is 6.07 Å². The highest BCUT2D eigenvalue weighted by molar-refractivity contribution is 5.84. The van der Waals surface area contributed by atoms with Crippen molar-refractivity contribution in [3.05, 3.63) is 32.4 Å². The highest BCUT2D eigenvalue weighted by Crippen LogP contribution is 2.22. The summed E-state index contributed by atoms with van der Waals surface area (Å²) in [6.07, 6.45) is 7.57. The van der Waals surface area contributed by atoms with Gasteiger partial charge in [-0.15, -0.1) is 0 Å². The molecule has 2 aromatic rings. The largest absolute Gasteiger partial charge is 0.403 e. The molecular weight excluding hydrogens is 334 g/mol. The molecule has 0 unspecified atom stereocenters. The summed E-state index contributed by atoms with van der Waals surface area (Å²) in [5.74, 6) is 0.702. The second-order valence-corrected chi connectivity index (χ2v) is 7.03. The average Bonchev–Trinajstić information content (AvgIpc) is 2.60. The maximum Gasteiger partial charge on any atom is 0.337 e. The monoisotopic (exact) mass is 359 g/mol. The molecule has 0 aromatic carbocycles. The second-order valence-electron chi connectivity index (χ2n) is 7.03. The predicted octanol–water partition coefficient (Wildman–Crippen LogP) is 3.55. The zero-order valence-corrected chi connectivity index (χ0v) is 15.3. The molecule has 1 aliphatic rings. The third kappa shape index (κ3) is 4.39. The summed E-state index contributed by atoms with van der Waals surface area (Å²) in [7, 11) is 0. The third-order valence-corrected chi connectivity index (χ3v) is 4.84. The molecule has 1 aliphatic carbocycles. The molecule has 2 aromatic heterocycles. The molecule has 1 N–H and O–H groups in total. The van der Waals surface area contributed by atoms with Crippen LogP contribution in [0.25, 0.3) is 11.1 Å². The molecule has 0 amide bonds. The van der Waals surface area contributed by atoms with Crippen LogP contribution >= 0.6 is 0 Å². The van der Waals surface area contributed by atoms with Crippen LogP contribution in [-0.2, 0) is 6.42 Å². The van der Waals surface area contributed by atoms with Crippen LogP contribution in [0.5, 0.6) is 6.01 Å². The molecule has 0 spiro atoms. The molecular formula is C19H25N3O4. The van der Waals surface area contributed by atoms with Gasteiger partial charge < -0.3 is 9.25 Å². The minimum atomic E-state index is -0.513. The molecule has 0 aliphatic heterocycles. The number of aromatic nitrogens is 2. The van der Waals surface area contributed by atoms with Gasteiger partial charge in [-0.1, -0.05) is 31.8 Å². The van der Waals surface area contributed by atoms with E-state index in [-0.39, 0.29) is 17.3 Å². The van der Waals surface area contributed by atoms with Crippen LogP contribution in [0.3, 0.4) is 0 Å². The first-order valence-electron chi connectivity index (χ1n) is 9.36. The van der Waals surface area contributed by atoms with E-state index in [1.807, 2.05) is 0 Å². The van der Waals surface area contributed by atoms with E-state index in [1.165, 1.54) is 6.07 Å². The predicted molar refractivity (Wildman–Crippen MR) is 99.8 cm³/mol. The number of oxime groups is 1. The average molecular weight is 359 g/mol.